The molecule has 0 aliphatic rings. The fourth-order valence-electron chi connectivity index (χ4n) is 3.22. The average molecular weight is 384 g/mol. The van der Waals surface area contributed by atoms with Crippen molar-refractivity contribution in [1.29, 1.82) is 0 Å². The minimum atomic E-state index is 0.689. The van der Waals surface area contributed by atoms with Crippen molar-refractivity contribution in [1.82, 2.24) is 15.0 Å². The molecule has 0 unspecified atom stereocenters. The summed E-state index contributed by atoms with van der Waals surface area (Å²) in [6, 6.07) is 3.94. The van der Waals surface area contributed by atoms with Gasteiger partial charge in [-0.1, -0.05) is 71.6 Å². The molecule has 2 aromatic rings. The third kappa shape index (κ3) is 8.81. The first-order valence-corrected chi connectivity index (χ1v) is 11.2. The number of nitrogens with zero attached hydrogens (tertiary/aromatic N) is 3. The van der Waals surface area contributed by atoms with Gasteiger partial charge in [0.1, 0.15) is 0 Å². The zero-order chi connectivity index (χ0) is 19.9. The second kappa shape index (κ2) is 14.1. The summed E-state index contributed by atoms with van der Waals surface area (Å²) in [5.41, 5.74) is 2.92. The maximum absolute atomic E-state index is 5.75. The Morgan fingerprint density at radius 3 is 2.04 bits per heavy atom. The Bertz CT molecular complexity index is 625. The van der Waals surface area contributed by atoms with Gasteiger partial charge in [0, 0.05) is 24.0 Å². The van der Waals surface area contributed by atoms with Crippen molar-refractivity contribution in [3.05, 3.63) is 36.4 Å². The van der Waals surface area contributed by atoms with Crippen LogP contribution >= 0.6 is 0 Å². The van der Waals surface area contributed by atoms with Gasteiger partial charge in [0.2, 0.25) is 5.88 Å². The summed E-state index contributed by atoms with van der Waals surface area (Å²) in [6.45, 7) is 5.23. The van der Waals surface area contributed by atoms with Gasteiger partial charge in [-0.05, 0) is 25.3 Å². The molecule has 2 heterocycles. The number of aromatic nitrogens is 3. The molecular formula is C24H37N3O. The highest BCUT2D eigenvalue weighted by Crippen LogP contribution is 2.18. The van der Waals surface area contributed by atoms with E-state index in [1.54, 1.807) is 0 Å². The molecule has 2 rings (SSSR count). The van der Waals surface area contributed by atoms with E-state index in [9.17, 15) is 0 Å². The van der Waals surface area contributed by atoms with Gasteiger partial charge in [-0.15, -0.1) is 0 Å². The molecular weight excluding hydrogens is 346 g/mol. The van der Waals surface area contributed by atoms with Crippen LogP contribution in [-0.4, -0.2) is 21.6 Å². The van der Waals surface area contributed by atoms with Crippen LogP contribution in [0.4, 0.5) is 0 Å². The fraction of sp³-hybridized carbons (Fsp3) is 0.625. The number of ether oxygens (including phenoxy) is 1. The normalized spacial score (nSPS) is 10.9. The van der Waals surface area contributed by atoms with E-state index in [-0.39, 0.29) is 0 Å². The van der Waals surface area contributed by atoms with E-state index in [0.29, 0.717) is 5.88 Å². The smallest absolute Gasteiger partial charge is 0.213 e. The van der Waals surface area contributed by atoms with Gasteiger partial charge < -0.3 is 4.74 Å². The Labute approximate surface area is 171 Å². The van der Waals surface area contributed by atoms with Gasteiger partial charge in [-0.2, -0.15) is 0 Å². The van der Waals surface area contributed by atoms with E-state index >= 15 is 0 Å². The molecule has 0 aromatic carbocycles. The zero-order valence-corrected chi connectivity index (χ0v) is 17.8. The largest absolute Gasteiger partial charge is 0.478 e. The molecule has 0 amide bonds. The first kappa shape index (κ1) is 22.3. The van der Waals surface area contributed by atoms with Crippen LogP contribution in [0.2, 0.25) is 0 Å². The first-order chi connectivity index (χ1) is 13.8. The van der Waals surface area contributed by atoms with Crippen LogP contribution in [-0.2, 0) is 6.42 Å². The van der Waals surface area contributed by atoms with E-state index in [4.69, 9.17) is 4.74 Å². The molecule has 154 valence electrons. The summed E-state index contributed by atoms with van der Waals surface area (Å²) in [5.74, 6) is 0.689. The molecule has 0 atom stereocenters. The maximum atomic E-state index is 5.75. The predicted molar refractivity (Wildman–Crippen MR) is 117 cm³/mol. The molecule has 0 N–H and O–H groups in total. The van der Waals surface area contributed by atoms with Crippen LogP contribution in [0.3, 0.4) is 0 Å². The molecule has 0 aliphatic heterocycles. The lowest BCUT2D eigenvalue weighted by atomic mass is 10.1. The van der Waals surface area contributed by atoms with Crippen LogP contribution in [0.1, 0.15) is 90.2 Å². The Kier molecular flexibility index (Phi) is 11.2. The number of pyridine rings is 1. The summed E-state index contributed by atoms with van der Waals surface area (Å²) < 4.78 is 5.75. The Hall–Kier alpha value is -1.97. The molecule has 0 bridgehead atoms. The van der Waals surface area contributed by atoms with E-state index < -0.39 is 0 Å². The maximum Gasteiger partial charge on any atom is 0.213 e. The van der Waals surface area contributed by atoms with Crippen molar-refractivity contribution in [3.63, 3.8) is 0 Å². The van der Waals surface area contributed by atoms with Gasteiger partial charge in [-0.25, -0.2) is 4.98 Å². The second-order valence-corrected chi connectivity index (χ2v) is 7.56. The lowest BCUT2D eigenvalue weighted by Gasteiger charge is -2.07. The van der Waals surface area contributed by atoms with Crippen molar-refractivity contribution < 1.29 is 4.74 Å². The number of unbranched alkanes of at least 4 members (excludes halogenated alkanes) is 9. The molecule has 4 nitrogen and oxygen atoms in total. The molecule has 28 heavy (non-hydrogen) atoms. The van der Waals surface area contributed by atoms with Crippen molar-refractivity contribution >= 4 is 0 Å². The molecule has 0 aliphatic carbocycles. The highest BCUT2D eigenvalue weighted by Gasteiger charge is 2.03. The van der Waals surface area contributed by atoms with Crippen molar-refractivity contribution in [3.8, 4) is 17.1 Å². The Balaban J connectivity index is 1.70. The number of rotatable bonds is 15. The fourth-order valence-corrected chi connectivity index (χ4v) is 3.22. The third-order valence-electron chi connectivity index (χ3n) is 5.02. The number of aryl methyl sites for hydroxylation is 1. The standard InChI is InChI=1S/C24H37N3O/c1-3-5-7-9-11-13-17-28-24-16-15-21(18-27-24)23-20-25-22(19-26-23)14-12-10-8-6-4-2/h15-16,18-20H,3-14,17H2,1-2H3. The van der Waals surface area contributed by atoms with Gasteiger partial charge in [0.05, 0.1) is 24.2 Å². The van der Waals surface area contributed by atoms with Crippen molar-refractivity contribution in [2.24, 2.45) is 0 Å². The van der Waals surface area contributed by atoms with E-state index in [2.05, 4.69) is 28.8 Å². The highest BCUT2D eigenvalue weighted by atomic mass is 16.5. The van der Waals surface area contributed by atoms with Gasteiger partial charge in [-0.3, -0.25) is 9.97 Å². The molecule has 0 saturated heterocycles. The quantitative estimate of drug-likeness (QED) is 0.318. The molecule has 0 spiro atoms. The lowest BCUT2D eigenvalue weighted by Crippen LogP contribution is -1.99. The van der Waals surface area contributed by atoms with Gasteiger partial charge >= 0.3 is 0 Å². The summed E-state index contributed by atoms with van der Waals surface area (Å²) in [5, 5.41) is 0. The molecule has 2 aromatic heterocycles. The van der Waals surface area contributed by atoms with Gasteiger partial charge in [0.15, 0.2) is 0 Å². The van der Waals surface area contributed by atoms with Crippen molar-refractivity contribution in [2.45, 2.75) is 90.9 Å². The van der Waals surface area contributed by atoms with Crippen LogP contribution < -0.4 is 4.74 Å². The van der Waals surface area contributed by atoms with Crippen LogP contribution in [0.25, 0.3) is 11.3 Å². The first-order valence-electron chi connectivity index (χ1n) is 11.2. The monoisotopic (exact) mass is 383 g/mol. The molecule has 0 fully saturated rings. The summed E-state index contributed by atoms with van der Waals surface area (Å²) >= 11 is 0. The number of hydrogen-bond acceptors (Lipinski definition) is 4. The van der Waals surface area contributed by atoms with Crippen LogP contribution in [0.15, 0.2) is 30.7 Å². The van der Waals surface area contributed by atoms with Crippen LogP contribution in [0.5, 0.6) is 5.88 Å². The van der Waals surface area contributed by atoms with Crippen molar-refractivity contribution in [2.75, 3.05) is 6.61 Å². The van der Waals surface area contributed by atoms with Gasteiger partial charge in [0.25, 0.3) is 0 Å². The summed E-state index contributed by atoms with van der Waals surface area (Å²) in [6.07, 6.45) is 20.6. The second-order valence-electron chi connectivity index (χ2n) is 7.56. The minimum Gasteiger partial charge on any atom is -0.478 e. The summed E-state index contributed by atoms with van der Waals surface area (Å²) in [7, 11) is 0. The zero-order valence-electron chi connectivity index (χ0n) is 17.8. The number of hydrogen-bond donors (Lipinski definition) is 0. The molecule has 0 radical (unpaired) electrons. The third-order valence-corrected chi connectivity index (χ3v) is 5.02. The lowest BCUT2D eigenvalue weighted by molar-refractivity contribution is 0.293. The molecule has 4 heteroatoms. The minimum absolute atomic E-state index is 0.689. The highest BCUT2D eigenvalue weighted by molar-refractivity contribution is 5.56. The summed E-state index contributed by atoms with van der Waals surface area (Å²) in [4.78, 5) is 13.5. The SMILES string of the molecule is CCCCCCCCOc1ccc(-c2cnc(CCCCCCC)cn2)cn1. The Morgan fingerprint density at radius 2 is 1.39 bits per heavy atom. The van der Waals surface area contributed by atoms with E-state index in [1.165, 1.54) is 64.2 Å². The predicted octanol–water partition coefficient (Wildman–Crippen LogP) is 6.79. The van der Waals surface area contributed by atoms with E-state index in [1.807, 2.05) is 30.7 Å². The Morgan fingerprint density at radius 1 is 0.679 bits per heavy atom. The topological polar surface area (TPSA) is 47.9 Å². The average Bonchev–Trinajstić information content (AvgIpc) is 2.74. The van der Waals surface area contributed by atoms with Crippen LogP contribution in [0, 0.1) is 0 Å². The van der Waals surface area contributed by atoms with E-state index in [0.717, 1.165) is 36.4 Å². The molecule has 0 saturated carbocycles.